The van der Waals surface area contributed by atoms with Gasteiger partial charge in [0.1, 0.15) is 0 Å². The number of pyridine rings is 2. The molecule has 31 heavy (non-hydrogen) atoms. The largest absolute Gasteiger partial charge is 0.481 e. The molecule has 0 fully saturated rings. The quantitative estimate of drug-likeness (QED) is 0.507. The third-order valence-electron chi connectivity index (χ3n) is 5.13. The summed E-state index contributed by atoms with van der Waals surface area (Å²) in [6.45, 7) is 6.43. The van der Waals surface area contributed by atoms with Crippen molar-refractivity contribution in [3.63, 3.8) is 0 Å². The molecule has 0 atom stereocenters. The molecule has 0 unspecified atom stereocenters. The fourth-order valence-corrected chi connectivity index (χ4v) is 3.47. The number of nitrogens with one attached hydrogen (secondary N) is 1. The van der Waals surface area contributed by atoms with Crippen LogP contribution in [0.4, 0.5) is 0 Å². The Morgan fingerprint density at radius 2 is 1.97 bits per heavy atom. The smallest absolute Gasteiger partial charge is 0.252 e. The van der Waals surface area contributed by atoms with Gasteiger partial charge in [-0.25, -0.2) is 14.6 Å². The summed E-state index contributed by atoms with van der Waals surface area (Å²) in [4.78, 5) is 22.2. The van der Waals surface area contributed by atoms with Crippen LogP contribution in [0.1, 0.15) is 41.4 Å². The van der Waals surface area contributed by atoms with Crippen LogP contribution in [0.25, 0.3) is 22.3 Å². The van der Waals surface area contributed by atoms with Crippen molar-refractivity contribution in [3.05, 3.63) is 71.5 Å². The summed E-state index contributed by atoms with van der Waals surface area (Å²) in [5, 5.41) is 8.18. The van der Waals surface area contributed by atoms with E-state index in [0.717, 1.165) is 22.2 Å². The number of aryl methyl sites for hydroxylation is 1. The lowest BCUT2D eigenvalue weighted by molar-refractivity contribution is 0.0952. The number of fused-ring (bicyclic) bond motifs is 1. The van der Waals surface area contributed by atoms with Gasteiger partial charge in [-0.05, 0) is 32.9 Å². The molecule has 0 aliphatic heterocycles. The summed E-state index contributed by atoms with van der Waals surface area (Å²) in [5.74, 6) is 0.297. The molecule has 0 aliphatic carbocycles. The number of carbonyl (C=O) groups is 1. The van der Waals surface area contributed by atoms with Crippen LogP contribution < -0.4 is 10.1 Å². The molecular formula is C24H25N5O2. The maximum Gasteiger partial charge on any atom is 0.252 e. The van der Waals surface area contributed by atoms with Gasteiger partial charge in [0.05, 0.1) is 30.0 Å². The maximum atomic E-state index is 13.2. The van der Waals surface area contributed by atoms with E-state index in [-0.39, 0.29) is 11.9 Å². The Labute approximate surface area is 181 Å². The molecule has 0 radical (unpaired) electrons. The molecule has 7 heteroatoms. The molecule has 158 valence electrons. The molecule has 1 N–H and O–H groups in total. The number of amides is 1. The second kappa shape index (κ2) is 8.55. The SMILES string of the molecule is COc1ncccc1CNC(=O)c1cc(-c2ccc(C)cc2)nc2c1cnn2C(C)C. The number of ether oxygens (including phenoxy) is 1. The average Bonchev–Trinajstić information content (AvgIpc) is 3.22. The third kappa shape index (κ3) is 4.12. The highest BCUT2D eigenvalue weighted by Gasteiger charge is 2.19. The van der Waals surface area contributed by atoms with Crippen molar-refractivity contribution in [2.45, 2.75) is 33.4 Å². The van der Waals surface area contributed by atoms with Crippen molar-refractivity contribution in [2.24, 2.45) is 0 Å². The van der Waals surface area contributed by atoms with Crippen LogP contribution in [0.15, 0.2) is 54.9 Å². The molecule has 3 heterocycles. The van der Waals surface area contributed by atoms with Crippen LogP contribution >= 0.6 is 0 Å². The first-order chi connectivity index (χ1) is 15.0. The van der Waals surface area contributed by atoms with Crippen molar-refractivity contribution in [2.75, 3.05) is 7.11 Å². The van der Waals surface area contributed by atoms with Crippen LogP contribution in [0.3, 0.4) is 0 Å². The monoisotopic (exact) mass is 415 g/mol. The molecule has 3 aromatic heterocycles. The average molecular weight is 415 g/mol. The van der Waals surface area contributed by atoms with Gasteiger partial charge in [-0.15, -0.1) is 0 Å². The highest BCUT2D eigenvalue weighted by molar-refractivity contribution is 6.06. The zero-order valence-corrected chi connectivity index (χ0v) is 18.1. The minimum absolute atomic E-state index is 0.119. The summed E-state index contributed by atoms with van der Waals surface area (Å²) in [7, 11) is 1.56. The van der Waals surface area contributed by atoms with Gasteiger partial charge in [0.25, 0.3) is 5.91 Å². The van der Waals surface area contributed by atoms with E-state index in [2.05, 4.69) is 15.4 Å². The number of methoxy groups -OCH3 is 1. The molecule has 1 aromatic carbocycles. The lowest BCUT2D eigenvalue weighted by Gasteiger charge is -2.12. The van der Waals surface area contributed by atoms with Gasteiger partial charge in [0.15, 0.2) is 5.65 Å². The molecule has 0 saturated heterocycles. The number of benzene rings is 1. The van der Waals surface area contributed by atoms with Crippen molar-refractivity contribution in [1.82, 2.24) is 25.1 Å². The van der Waals surface area contributed by atoms with Gasteiger partial charge in [-0.1, -0.05) is 35.9 Å². The van der Waals surface area contributed by atoms with Crippen LogP contribution in [-0.2, 0) is 6.54 Å². The van der Waals surface area contributed by atoms with E-state index < -0.39 is 0 Å². The number of hydrogen-bond acceptors (Lipinski definition) is 5. The molecule has 0 bridgehead atoms. The van der Waals surface area contributed by atoms with E-state index in [1.807, 2.05) is 67.9 Å². The lowest BCUT2D eigenvalue weighted by atomic mass is 10.0. The van der Waals surface area contributed by atoms with Gasteiger partial charge >= 0.3 is 0 Å². The molecular weight excluding hydrogens is 390 g/mol. The van der Waals surface area contributed by atoms with Crippen LogP contribution in [0.2, 0.25) is 0 Å². The van der Waals surface area contributed by atoms with Crippen molar-refractivity contribution >= 4 is 16.9 Å². The van der Waals surface area contributed by atoms with Crippen molar-refractivity contribution in [3.8, 4) is 17.1 Å². The first-order valence-electron chi connectivity index (χ1n) is 10.2. The van der Waals surface area contributed by atoms with E-state index in [0.29, 0.717) is 23.6 Å². The molecule has 7 nitrogen and oxygen atoms in total. The number of rotatable bonds is 6. The molecule has 0 aliphatic rings. The minimum Gasteiger partial charge on any atom is -0.481 e. The standard InChI is InChI=1S/C24H25N5O2/c1-15(2)29-22-20(14-27-29)19(12-21(28-22)17-9-7-16(3)8-10-17)23(30)26-13-18-6-5-11-25-24(18)31-4/h5-12,14-15H,13H2,1-4H3,(H,26,30). The van der Waals surface area contributed by atoms with Crippen LogP contribution in [-0.4, -0.2) is 32.8 Å². The van der Waals surface area contributed by atoms with E-state index >= 15 is 0 Å². The second-order valence-corrected chi connectivity index (χ2v) is 7.70. The summed E-state index contributed by atoms with van der Waals surface area (Å²) < 4.78 is 7.13. The van der Waals surface area contributed by atoms with Crippen molar-refractivity contribution < 1.29 is 9.53 Å². The normalized spacial score (nSPS) is 11.1. The fourth-order valence-electron chi connectivity index (χ4n) is 3.47. The predicted octanol–water partition coefficient (Wildman–Crippen LogP) is 4.32. The Kier molecular flexibility index (Phi) is 5.66. The molecule has 0 saturated carbocycles. The maximum absolute atomic E-state index is 13.2. The number of nitrogens with zero attached hydrogens (tertiary/aromatic N) is 4. The molecule has 0 spiro atoms. The van der Waals surface area contributed by atoms with E-state index in [9.17, 15) is 4.79 Å². The zero-order valence-electron chi connectivity index (χ0n) is 18.1. The summed E-state index contributed by atoms with van der Waals surface area (Å²) in [6.07, 6.45) is 3.37. The second-order valence-electron chi connectivity index (χ2n) is 7.70. The van der Waals surface area contributed by atoms with E-state index in [1.54, 1.807) is 19.5 Å². The van der Waals surface area contributed by atoms with Gasteiger partial charge in [-0.3, -0.25) is 4.79 Å². The number of carbonyl (C=O) groups excluding carboxylic acids is 1. The lowest BCUT2D eigenvalue weighted by Crippen LogP contribution is -2.23. The van der Waals surface area contributed by atoms with Gasteiger partial charge < -0.3 is 10.1 Å². The Bertz CT molecular complexity index is 1230. The first-order valence-corrected chi connectivity index (χ1v) is 10.2. The predicted molar refractivity (Wildman–Crippen MR) is 120 cm³/mol. The zero-order chi connectivity index (χ0) is 22.0. The molecule has 4 aromatic rings. The fraction of sp³-hybridized carbons (Fsp3) is 0.250. The van der Waals surface area contributed by atoms with Gasteiger partial charge in [-0.2, -0.15) is 5.10 Å². The number of hydrogen-bond donors (Lipinski definition) is 1. The summed E-state index contributed by atoms with van der Waals surface area (Å²) in [5.41, 5.74) is 4.89. The first kappa shape index (κ1) is 20.5. The van der Waals surface area contributed by atoms with E-state index in [1.165, 1.54) is 5.56 Å². The van der Waals surface area contributed by atoms with Gasteiger partial charge in [0.2, 0.25) is 5.88 Å². The Morgan fingerprint density at radius 3 is 2.68 bits per heavy atom. The Hall–Kier alpha value is -3.74. The summed E-state index contributed by atoms with van der Waals surface area (Å²) in [6, 6.07) is 13.7. The topological polar surface area (TPSA) is 81.9 Å². The van der Waals surface area contributed by atoms with Crippen LogP contribution in [0.5, 0.6) is 5.88 Å². The van der Waals surface area contributed by atoms with Crippen LogP contribution in [0, 0.1) is 6.92 Å². The van der Waals surface area contributed by atoms with Crippen molar-refractivity contribution in [1.29, 1.82) is 0 Å². The highest BCUT2D eigenvalue weighted by atomic mass is 16.5. The molecule has 1 amide bonds. The van der Waals surface area contributed by atoms with E-state index in [4.69, 9.17) is 9.72 Å². The Morgan fingerprint density at radius 1 is 1.19 bits per heavy atom. The number of aromatic nitrogens is 4. The Balaban J connectivity index is 1.74. The highest BCUT2D eigenvalue weighted by Crippen LogP contribution is 2.27. The molecule has 4 rings (SSSR count). The summed E-state index contributed by atoms with van der Waals surface area (Å²) >= 11 is 0. The minimum atomic E-state index is -0.199. The van der Waals surface area contributed by atoms with Gasteiger partial charge in [0, 0.05) is 29.9 Å². The third-order valence-corrected chi connectivity index (χ3v) is 5.13.